The minimum Gasteiger partial charge on any atom is -0.445 e. The first-order valence-corrected chi connectivity index (χ1v) is 7.89. The second-order valence-electron chi connectivity index (χ2n) is 5.85. The number of hydrogen-bond acceptors (Lipinski definition) is 4. The molecule has 1 N–H and O–H groups in total. The first-order valence-electron chi connectivity index (χ1n) is 7.89. The van der Waals surface area contributed by atoms with Gasteiger partial charge in [0.1, 0.15) is 6.61 Å². The van der Waals surface area contributed by atoms with Crippen LogP contribution in [0.4, 0.5) is 4.79 Å². The summed E-state index contributed by atoms with van der Waals surface area (Å²) >= 11 is 0. The van der Waals surface area contributed by atoms with Crippen LogP contribution in [-0.4, -0.2) is 49.9 Å². The molecule has 5 nitrogen and oxygen atoms in total. The van der Waals surface area contributed by atoms with Gasteiger partial charge in [0.2, 0.25) is 0 Å². The van der Waals surface area contributed by atoms with Crippen molar-refractivity contribution >= 4 is 6.09 Å². The molecule has 5 heteroatoms. The minimum absolute atomic E-state index is 0.154. The molecule has 0 radical (unpaired) electrons. The summed E-state index contributed by atoms with van der Waals surface area (Å²) in [6.07, 6.45) is 1.96. The quantitative estimate of drug-likeness (QED) is 0.877. The third-order valence-corrected chi connectivity index (χ3v) is 3.96. The molecule has 1 fully saturated rings. The smallest absolute Gasteiger partial charge is 0.407 e. The molecule has 1 amide bonds. The van der Waals surface area contributed by atoms with Gasteiger partial charge in [-0.2, -0.15) is 0 Å². The molecule has 0 saturated carbocycles. The van der Waals surface area contributed by atoms with Crippen molar-refractivity contribution in [3.63, 3.8) is 0 Å². The fourth-order valence-corrected chi connectivity index (χ4v) is 2.71. The van der Waals surface area contributed by atoms with E-state index in [-0.39, 0.29) is 18.2 Å². The van der Waals surface area contributed by atoms with Crippen LogP contribution in [0.15, 0.2) is 30.3 Å². The van der Waals surface area contributed by atoms with Gasteiger partial charge < -0.3 is 14.8 Å². The van der Waals surface area contributed by atoms with Crippen LogP contribution in [-0.2, 0) is 16.1 Å². The van der Waals surface area contributed by atoms with Gasteiger partial charge in [-0.25, -0.2) is 4.79 Å². The maximum atomic E-state index is 11.9. The molecule has 1 unspecified atom stereocenters. The molecule has 0 bridgehead atoms. The van der Waals surface area contributed by atoms with Gasteiger partial charge in [-0.1, -0.05) is 30.3 Å². The number of piperidine rings is 1. The fourth-order valence-electron chi connectivity index (χ4n) is 2.71. The number of benzene rings is 1. The van der Waals surface area contributed by atoms with Crippen molar-refractivity contribution in [2.45, 2.75) is 38.5 Å². The third-order valence-electron chi connectivity index (χ3n) is 3.96. The topological polar surface area (TPSA) is 50.8 Å². The third kappa shape index (κ3) is 5.66. The Morgan fingerprint density at radius 3 is 2.91 bits per heavy atom. The number of carbonyl (C=O) groups is 1. The molecule has 1 aliphatic rings. The maximum Gasteiger partial charge on any atom is 0.407 e. The van der Waals surface area contributed by atoms with Crippen molar-refractivity contribution in [2.24, 2.45) is 0 Å². The van der Waals surface area contributed by atoms with E-state index in [1.165, 1.54) is 0 Å². The van der Waals surface area contributed by atoms with Crippen molar-refractivity contribution in [2.75, 3.05) is 26.7 Å². The number of rotatable bonds is 6. The molecule has 2 atom stereocenters. The number of nitrogens with one attached hydrogen (secondary N) is 1. The summed E-state index contributed by atoms with van der Waals surface area (Å²) in [5.74, 6) is 0. The monoisotopic (exact) mass is 306 g/mol. The molecule has 22 heavy (non-hydrogen) atoms. The van der Waals surface area contributed by atoms with Crippen LogP contribution in [0.5, 0.6) is 0 Å². The minimum atomic E-state index is -0.338. The average molecular weight is 306 g/mol. The van der Waals surface area contributed by atoms with Crippen molar-refractivity contribution in [3.05, 3.63) is 35.9 Å². The number of likely N-dealkylation sites (tertiary alicyclic amines) is 1. The summed E-state index contributed by atoms with van der Waals surface area (Å²) in [7, 11) is 1.73. The molecular formula is C17H26N2O3. The van der Waals surface area contributed by atoms with Gasteiger partial charge in [0, 0.05) is 26.2 Å². The maximum absolute atomic E-state index is 11.9. The molecular weight excluding hydrogens is 280 g/mol. The zero-order valence-corrected chi connectivity index (χ0v) is 13.5. The summed E-state index contributed by atoms with van der Waals surface area (Å²) in [4.78, 5) is 14.2. The van der Waals surface area contributed by atoms with Crippen molar-refractivity contribution in [1.82, 2.24) is 10.2 Å². The van der Waals surface area contributed by atoms with E-state index in [1.807, 2.05) is 30.3 Å². The number of alkyl carbamates (subject to hydrolysis) is 1. The Labute approximate surface area is 132 Å². The van der Waals surface area contributed by atoms with Crippen LogP contribution >= 0.6 is 0 Å². The molecule has 122 valence electrons. The predicted molar refractivity (Wildman–Crippen MR) is 85.7 cm³/mol. The highest BCUT2D eigenvalue weighted by Gasteiger charge is 2.22. The molecule has 0 aromatic heterocycles. The SMILES string of the molecule is COC(C)CN1CCC[C@@H](NC(=O)OCc2ccccc2)C1. The Bertz CT molecular complexity index is 452. The predicted octanol–water partition coefficient (Wildman–Crippen LogP) is 2.41. The van der Waals surface area contributed by atoms with Crippen LogP contribution in [0.25, 0.3) is 0 Å². The number of hydrogen-bond donors (Lipinski definition) is 1. The van der Waals surface area contributed by atoms with Gasteiger partial charge in [0.25, 0.3) is 0 Å². The van der Waals surface area contributed by atoms with Gasteiger partial charge in [-0.15, -0.1) is 0 Å². The van der Waals surface area contributed by atoms with Crippen molar-refractivity contribution in [3.8, 4) is 0 Å². The number of carbonyl (C=O) groups excluding carboxylic acids is 1. The van der Waals surface area contributed by atoms with E-state index in [2.05, 4.69) is 17.1 Å². The van der Waals surface area contributed by atoms with Crippen LogP contribution in [0, 0.1) is 0 Å². The van der Waals surface area contributed by atoms with Crippen molar-refractivity contribution < 1.29 is 14.3 Å². The number of nitrogens with zero attached hydrogens (tertiary/aromatic N) is 1. The zero-order valence-electron chi connectivity index (χ0n) is 13.5. The van der Waals surface area contributed by atoms with E-state index < -0.39 is 0 Å². The molecule has 1 aliphatic heterocycles. The second-order valence-corrected chi connectivity index (χ2v) is 5.85. The summed E-state index contributed by atoms with van der Waals surface area (Å²) in [6, 6.07) is 9.87. The molecule has 1 heterocycles. The Morgan fingerprint density at radius 1 is 1.41 bits per heavy atom. The van der Waals surface area contributed by atoms with E-state index in [9.17, 15) is 4.79 Å². The van der Waals surface area contributed by atoms with E-state index in [0.29, 0.717) is 6.61 Å². The molecule has 0 aliphatic carbocycles. The molecule has 1 saturated heterocycles. The normalized spacial score (nSPS) is 20.4. The standard InChI is InChI=1S/C17H26N2O3/c1-14(21-2)11-19-10-6-9-16(12-19)18-17(20)22-13-15-7-4-3-5-8-15/h3-5,7-8,14,16H,6,9-13H2,1-2H3,(H,18,20)/t14?,16-/m1/s1. The lowest BCUT2D eigenvalue weighted by molar-refractivity contribution is 0.0623. The fraction of sp³-hybridized carbons (Fsp3) is 0.588. The van der Waals surface area contributed by atoms with Gasteiger partial charge in [0.15, 0.2) is 0 Å². The summed E-state index contributed by atoms with van der Waals surface area (Å²) < 4.78 is 10.6. The summed E-state index contributed by atoms with van der Waals surface area (Å²) in [6.45, 7) is 5.18. The van der Waals surface area contributed by atoms with Crippen molar-refractivity contribution in [1.29, 1.82) is 0 Å². The van der Waals surface area contributed by atoms with E-state index in [4.69, 9.17) is 9.47 Å². The Morgan fingerprint density at radius 2 is 2.18 bits per heavy atom. The number of amides is 1. The number of ether oxygens (including phenoxy) is 2. The van der Waals surface area contributed by atoms with Gasteiger partial charge >= 0.3 is 6.09 Å². The first kappa shape index (κ1) is 16.8. The number of methoxy groups -OCH3 is 1. The summed E-state index contributed by atoms with van der Waals surface area (Å²) in [5.41, 5.74) is 0.997. The average Bonchev–Trinajstić information content (AvgIpc) is 2.54. The largest absolute Gasteiger partial charge is 0.445 e. The van der Waals surface area contributed by atoms with Gasteiger partial charge in [-0.05, 0) is 31.9 Å². The van der Waals surface area contributed by atoms with Gasteiger partial charge in [0.05, 0.1) is 6.10 Å². The second kappa shape index (κ2) is 8.76. The van der Waals surface area contributed by atoms with E-state index >= 15 is 0 Å². The lowest BCUT2D eigenvalue weighted by Crippen LogP contribution is -2.49. The Kier molecular flexibility index (Phi) is 6.68. The van der Waals surface area contributed by atoms with E-state index in [1.54, 1.807) is 7.11 Å². The van der Waals surface area contributed by atoms with Crippen LogP contribution in [0.3, 0.4) is 0 Å². The molecule has 1 aromatic rings. The molecule has 2 rings (SSSR count). The lowest BCUT2D eigenvalue weighted by atomic mass is 10.1. The van der Waals surface area contributed by atoms with Crippen LogP contribution < -0.4 is 5.32 Å². The lowest BCUT2D eigenvalue weighted by Gasteiger charge is -2.34. The first-order chi connectivity index (χ1) is 10.7. The highest BCUT2D eigenvalue weighted by atomic mass is 16.5. The van der Waals surface area contributed by atoms with Crippen LogP contribution in [0.1, 0.15) is 25.3 Å². The zero-order chi connectivity index (χ0) is 15.8. The highest BCUT2D eigenvalue weighted by molar-refractivity contribution is 5.67. The Balaban J connectivity index is 1.71. The molecule has 0 spiro atoms. The highest BCUT2D eigenvalue weighted by Crippen LogP contribution is 2.11. The van der Waals surface area contributed by atoms with Gasteiger partial charge in [-0.3, -0.25) is 4.90 Å². The van der Waals surface area contributed by atoms with Crippen LogP contribution in [0.2, 0.25) is 0 Å². The Hall–Kier alpha value is -1.59. The molecule has 1 aromatic carbocycles. The van der Waals surface area contributed by atoms with E-state index in [0.717, 1.165) is 38.0 Å². The summed E-state index contributed by atoms with van der Waals surface area (Å²) in [5, 5.41) is 2.97.